The van der Waals surface area contributed by atoms with Crippen molar-refractivity contribution < 1.29 is 8.23 Å². The van der Waals surface area contributed by atoms with Gasteiger partial charge < -0.3 is 8.23 Å². The van der Waals surface area contributed by atoms with Gasteiger partial charge in [0, 0.05) is 0 Å². The SMILES string of the molecule is C[Si](C)O[Si]O[Si]. The molecule has 0 atom stereocenters. The highest BCUT2D eigenvalue weighted by Gasteiger charge is 1.94. The van der Waals surface area contributed by atoms with Gasteiger partial charge in [-0.15, -0.1) is 0 Å². The summed E-state index contributed by atoms with van der Waals surface area (Å²) in [5.41, 5.74) is 0. The Bertz CT molecular complexity index is 39.9. The van der Waals surface area contributed by atoms with Crippen LogP contribution in [0.5, 0.6) is 0 Å². The van der Waals surface area contributed by atoms with Crippen LogP contribution in [0.4, 0.5) is 0 Å². The molecule has 7 heavy (non-hydrogen) atoms. The largest absolute Gasteiger partial charge is 0.435 e. The third-order valence-corrected chi connectivity index (χ3v) is 2.59. The molecule has 0 bridgehead atoms. The zero-order valence-electron chi connectivity index (χ0n) is 4.32. The fraction of sp³-hybridized carbons (Fsp3) is 1.00. The molecule has 0 saturated carbocycles. The van der Waals surface area contributed by atoms with E-state index in [9.17, 15) is 0 Å². The van der Waals surface area contributed by atoms with Crippen molar-refractivity contribution in [1.82, 2.24) is 0 Å². The quantitative estimate of drug-likeness (QED) is 0.517. The smallest absolute Gasteiger partial charge is 0.409 e. The lowest BCUT2D eigenvalue weighted by Gasteiger charge is -1.98. The Hall–Kier alpha value is 0.571. The summed E-state index contributed by atoms with van der Waals surface area (Å²) in [6.45, 7) is 4.12. The molecular formula is C2H6O2Si3. The third kappa shape index (κ3) is 6.57. The fourth-order valence-corrected chi connectivity index (χ4v) is 1.31. The predicted molar refractivity (Wildman–Crippen MR) is 31.2 cm³/mol. The zero-order valence-corrected chi connectivity index (χ0v) is 7.32. The van der Waals surface area contributed by atoms with Crippen molar-refractivity contribution in [2.75, 3.05) is 0 Å². The second-order valence-corrected chi connectivity index (χ2v) is 4.81. The second kappa shape index (κ2) is 4.72. The van der Waals surface area contributed by atoms with Crippen molar-refractivity contribution in [3.8, 4) is 0 Å². The Morgan fingerprint density at radius 1 is 1.57 bits per heavy atom. The number of rotatable bonds is 3. The van der Waals surface area contributed by atoms with Crippen LogP contribution in [0.3, 0.4) is 0 Å². The highest BCUT2D eigenvalue weighted by Crippen LogP contribution is 1.78. The lowest BCUT2D eigenvalue weighted by Crippen LogP contribution is -2.12. The van der Waals surface area contributed by atoms with Crippen molar-refractivity contribution in [1.29, 1.82) is 0 Å². The summed E-state index contributed by atoms with van der Waals surface area (Å²) in [6.07, 6.45) is 0. The summed E-state index contributed by atoms with van der Waals surface area (Å²) >= 11 is 0. The molecule has 0 unspecified atom stereocenters. The minimum absolute atomic E-state index is 0.154. The van der Waals surface area contributed by atoms with E-state index in [0.29, 0.717) is 0 Å². The molecule has 0 aliphatic rings. The maximum atomic E-state index is 5.05. The molecule has 0 saturated heterocycles. The molecule has 0 spiro atoms. The van der Waals surface area contributed by atoms with Crippen LogP contribution in [0.1, 0.15) is 0 Å². The highest BCUT2D eigenvalue weighted by molar-refractivity contribution is 6.55. The van der Waals surface area contributed by atoms with Crippen LogP contribution in [-0.2, 0) is 8.23 Å². The third-order valence-electron chi connectivity index (χ3n) is 0.287. The zero-order chi connectivity index (χ0) is 5.70. The van der Waals surface area contributed by atoms with Crippen LogP contribution in [0.2, 0.25) is 13.1 Å². The Labute approximate surface area is 51.5 Å². The number of hydrogen-bond donors (Lipinski definition) is 0. The molecular weight excluding hydrogens is 140 g/mol. The van der Waals surface area contributed by atoms with Gasteiger partial charge >= 0.3 is 10.0 Å². The van der Waals surface area contributed by atoms with E-state index in [4.69, 9.17) is 4.12 Å². The molecule has 0 N–H and O–H groups in total. The van der Waals surface area contributed by atoms with E-state index in [0.717, 1.165) is 0 Å². The first-order chi connectivity index (χ1) is 3.27. The topological polar surface area (TPSA) is 18.5 Å². The van der Waals surface area contributed by atoms with Crippen LogP contribution in [-0.4, -0.2) is 29.5 Å². The molecule has 38 valence electrons. The summed E-state index contributed by atoms with van der Waals surface area (Å²) in [6, 6.07) is 0. The van der Waals surface area contributed by atoms with E-state index < -0.39 is 9.04 Å². The highest BCUT2D eigenvalue weighted by atomic mass is 28.4. The Morgan fingerprint density at radius 3 is 2.29 bits per heavy atom. The van der Waals surface area contributed by atoms with Gasteiger partial charge in [-0.3, -0.25) is 0 Å². The van der Waals surface area contributed by atoms with Gasteiger partial charge in [0.25, 0.3) is 0 Å². The Kier molecular flexibility index (Phi) is 5.11. The predicted octanol–water partition coefficient (Wildman–Crippen LogP) is -0.112. The van der Waals surface area contributed by atoms with Gasteiger partial charge in [0.15, 0.2) is 9.04 Å². The standard InChI is InChI=1S/C2H6O2Si3/c1-7(2)4-6-3-5/h1-2H3. The molecule has 2 nitrogen and oxygen atoms in total. The number of hydrogen-bond acceptors (Lipinski definition) is 2. The van der Waals surface area contributed by atoms with Crippen LogP contribution in [0.15, 0.2) is 0 Å². The lowest BCUT2D eigenvalue weighted by atomic mass is 11.9. The maximum Gasteiger partial charge on any atom is 0.409 e. The average Bonchev–Trinajstić information content (AvgIpc) is 1.61. The van der Waals surface area contributed by atoms with Crippen LogP contribution < -0.4 is 0 Å². The Morgan fingerprint density at radius 2 is 2.14 bits per heavy atom. The van der Waals surface area contributed by atoms with Gasteiger partial charge in [-0.1, -0.05) is 0 Å². The van der Waals surface area contributed by atoms with Gasteiger partial charge in [0.2, 0.25) is 10.5 Å². The molecule has 6 radical (unpaired) electrons. The van der Waals surface area contributed by atoms with Crippen molar-refractivity contribution in [3.05, 3.63) is 0 Å². The van der Waals surface area contributed by atoms with Crippen LogP contribution in [0.25, 0.3) is 0 Å². The van der Waals surface area contributed by atoms with Gasteiger partial charge in [-0.25, -0.2) is 0 Å². The minimum Gasteiger partial charge on any atom is -0.435 e. The van der Waals surface area contributed by atoms with Gasteiger partial charge in [-0.2, -0.15) is 0 Å². The molecule has 0 rings (SSSR count). The van der Waals surface area contributed by atoms with Crippen molar-refractivity contribution in [2.45, 2.75) is 13.1 Å². The summed E-state index contributed by atoms with van der Waals surface area (Å²) < 4.78 is 9.54. The molecule has 0 amide bonds. The van der Waals surface area contributed by atoms with Crippen molar-refractivity contribution in [3.63, 3.8) is 0 Å². The first-order valence-electron chi connectivity index (χ1n) is 1.82. The summed E-state index contributed by atoms with van der Waals surface area (Å²) in [5.74, 6) is 0. The second-order valence-electron chi connectivity index (χ2n) is 1.20. The van der Waals surface area contributed by atoms with Crippen molar-refractivity contribution >= 4 is 29.5 Å². The van der Waals surface area contributed by atoms with E-state index in [2.05, 4.69) is 27.7 Å². The van der Waals surface area contributed by atoms with Crippen LogP contribution >= 0.6 is 0 Å². The van der Waals surface area contributed by atoms with Crippen molar-refractivity contribution in [2.24, 2.45) is 0 Å². The maximum absolute atomic E-state index is 5.05. The van der Waals surface area contributed by atoms with Gasteiger partial charge in [0.1, 0.15) is 0 Å². The van der Waals surface area contributed by atoms with E-state index >= 15 is 0 Å². The summed E-state index contributed by atoms with van der Waals surface area (Å²) in [7, 11) is 2.44. The monoisotopic (exact) mass is 146 g/mol. The van der Waals surface area contributed by atoms with E-state index in [-0.39, 0.29) is 10.0 Å². The normalized spacial score (nSPS) is 10.3. The van der Waals surface area contributed by atoms with E-state index in [1.165, 1.54) is 0 Å². The van der Waals surface area contributed by atoms with E-state index in [1.807, 2.05) is 0 Å². The molecule has 5 heteroatoms. The van der Waals surface area contributed by atoms with Gasteiger partial charge in [0.05, 0.1) is 0 Å². The molecule has 0 aromatic heterocycles. The molecule has 0 aromatic rings. The molecule has 0 aromatic carbocycles. The fourth-order valence-electron chi connectivity index (χ4n) is 0.104. The molecule has 0 aliphatic carbocycles. The summed E-state index contributed by atoms with van der Waals surface area (Å²) in [4.78, 5) is 0. The van der Waals surface area contributed by atoms with Crippen LogP contribution in [0, 0.1) is 0 Å². The van der Waals surface area contributed by atoms with E-state index in [1.54, 1.807) is 0 Å². The lowest BCUT2D eigenvalue weighted by molar-refractivity contribution is 0.495. The molecule has 0 aliphatic heterocycles. The first-order valence-corrected chi connectivity index (χ1v) is 5.45. The Balaban J connectivity index is 2.68. The molecule has 0 fully saturated rings. The molecule has 0 heterocycles. The van der Waals surface area contributed by atoms with Gasteiger partial charge in [-0.05, 0) is 13.1 Å². The average molecular weight is 146 g/mol. The summed E-state index contributed by atoms with van der Waals surface area (Å²) in [5, 5.41) is 0. The minimum atomic E-state index is -0.541. The first kappa shape index (κ1) is 7.57.